The van der Waals surface area contributed by atoms with Crippen LogP contribution in [0.4, 0.5) is 0 Å². The van der Waals surface area contributed by atoms with Crippen molar-refractivity contribution < 1.29 is 4.79 Å². The number of hydrogen-bond donors (Lipinski definition) is 1. The Labute approximate surface area is 150 Å². The highest BCUT2D eigenvalue weighted by atomic mass is 16.2. The highest BCUT2D eigenvalue weighted by Gasteiger charge is 2.24. The number of nitrogens with zero attached hydrogens (tertiary/aromatic N) is 4. The van der Waals surface area contributed by atoms with E-state index in [1.807, 2.05) is 6.07 Å². The minimum atomic E-state index is -0.234. The van der Waals surface area contributed by atoms with Gasteiger partial charge in [-0.05, 0) is 37.0 Å². The Morgan fingerprint density at radius 3 is 2.73 bits per heavy atom. The molecule has 1 fully saturated rings. The molecule has 7 nitrogen and oxygen atoms in total. The normalized spacial score (nSPS) is 15.7. The average Bonchev–Trinajstić information content (AvgIpc) is 2.65. The van der Waals surface area contributed by atoms with Crippen LogP contribution in [0.25, 0.3) is 16.7 Å². The molecule has 134 valence electrons. The van der Waals surface area contributed by atoms with Crippen molar-refractivity contribution in [3.05, 3.63) is 51.9 Å². The molecule has 1 amide bonds. The van der Waals surface area contributed by atoms with E-state index >= 15 is 0 Å². The van der Waals surface area contributed by atoms with Gasteiger partial charge in [0.25, 0.3) is 11.5 Å². The zero-order valence-corrected chi connectivity index (χ0v) is 14.9. The lowest BCUT2D eigenvalue weighted by Gasteiger charge is -2.30. The van der Waals surface area contributed by atoms with Crippen LogP contribution in [0.5, 0.6) is 0 Å². The van der Waals surface area contributed by atoms with Crippen LogP contribution in [-0.4, -0.2) is 37.8 Å². The molecule has 0 saturated carbocycles. The maximum atomic E-state index is 13.0. The third-order valence-electron chi connectivity index (χ3n) is 5.25. The highest BCUT2D eigenvalue weighted by molar-refractivity contribution is 5.96. The van der Waals surface area contributed by atoms with E-state index in [0.29, 0.717) is 35.7 Å². The third kappa shape index (κ3) is 2.51. The minimum Gasteiger partial charge on any atom is -0.339 e. The van der Waals surface area contributed by atoms with E-state index in [1.54, 1.807) is 30.3 Å². The van der Waals surface area contributed by atoms with Crippen molar-refractivity contribution in [3.63, 3.8) is 0 Å². The minimum absolute atomic E-state index is 0.0771. The predicted molar refractivity (Wildman–Crippen MR) is 98.1 cm³/mol. The molecule has 0 radical (unpaired) electrons. The van der Waals surface area contributed by atoms with Crippen LogP contribution in [0.15, 0.2) is 35.3 Å². The molecule has 7 heteroatoms. The lowest BCUT2D eigenvalue weighted by atomic mass is 9.98. The van der Waals surface area contributed by atoms with Crippen molar-refractivity contribution in [2.75, 3.05) is 13.1 Å². The van der Waals surface area contributed by atoms with Gasteiger partial charge >= 0.3 is 0 Å². The Morgan fingerprint density at radius 2 is 2.00 bits per heavy atom. The smallest absolute Gasteiger partial charge is 0.267 e. The van der Waals surface area contributed by atoms with Gasteiger partial charge in [-0.15, -0.1) is 0 Å². The number of aryl methyl sites for hydroxylation is 1. The fraction of sp³-hybridized carbons (Fsp3) is 0.368. The van der Waals surface area contributed by atoms with Gasteiger partial charge in [-0.3, -0.25) is 19.4 Å². The molecule has 26 heavy (non-hydrogen) atoms. The number of aromatic nitrogens is 3. The van der Waals surface area contributed by atoms with Crippen molar-refractivity contribution in [1.29, 1.82) is 5.41 Å². The molecular formula is C19H21N5O2. The molecule has 0 spiro atoms. The zero-order valence-electron chi connectivity index (χ0n) is 14.9. The van der Waals surface area contributed by atoms with Gasteiger partial charge in [0.2, 0.25) is 0 Å². The van der Waals surface area contributed by atoms with Gasteiger partial charge in [0.15, 0.2) is 0 Å². The zero-order chi connectivity index (χ0) is 18.4. The summed E-state index contributed by atoms with van der Waals surface area (Å²) >= 11 is 0. The topological polar surface area (TPSA) is 83.5 Å². The van der Waals surface area contributed by atoms with Crippen LogP contribution in [0.2, 0.25) is 0 Å². The van der Waals surface area contributed by atoms with Crippen LogP contribution in [0.3, 0.4) is 0 Å². The molecule has 4 rings (SSSR count). The molecule has 3 aromatic rings. The first-order valence-corrected chi connectivity index (χ1v) is 8.82. The third-order valence-corrected chi connectivity index (χ3v) is 5.25. The summed E-state index contributed by atoms with van der Waals surface area (Å²) in [5.74, 6) is 0.430. The summed E-state index contributed by atoms with van der Waals surface area (Å²) in [4.78, 5) is 32.1. The first-order chi connectivity index (χ1) is 12.5. The van der Waals surface area contributed by atoms with Crippen molar-refractivity contribution in [1.82, 2.24) is 18.9 Å². The second-order valence-corrected chi connectivity index (χ2v) is 7.02. The predicted octanol–water partition coefficient (Wildman–Crippen LogP) is 1.54. The van der Waals surface area contributed by atoms with Crippen molar-refractivity contribution in [3.8, 4) is 0 Å². The second kappa shape index (κ2) is 6.09. The number of hydrogen-bond acceptors (Lipinski definition) is 4. The number of amides is 1. The van der Waals surface area contributed by atoms with Crippen LogP contribution < -0.4 is 11.0 Å². The average molecular weight is 351 g/mol. The number of pyridine rings is 2. The number of nitrogens with one attached hydrogen (secondary N) is 1. The number of piperidine rings is 1. The standard InChI is InChI=1S/C19H21N5O2/c1-12-6-9-23(10-7-12)18(25)13-11-14-17(22(2)16(13)20)21-15-5-3-4-8-24(15)19(14)26/h3-5,8,11-12,20H,6-7,9-10H2,1-2H3. The van der Waals surface area contributed by atoms with Crippen LogP contribution in [0.1, 0.15) is 30.1 Å². The SMILES string of the molecule is CC1CCN(C(=O)c2cc3c(=O)n4ccccc4nc3n(C)c2=N)CC1. The Morgan fingerprint density at radius 1 is 1.27 bits per heavy atom. The number of likely N-dealkylation sites (tertiary alicyclic amines) is 1. The number of carbonyl (C=O) groups is 1. The lowest BCUT2D eigenvalue weighted by Crippen LogP contribution is -2.41. The van der Waals surface area contributed by atoms with E-state index < -0.39 is 0 Å². The van der Waals surface area contributed by atoms with E-state index in [0.717, 1.165) is 12.8 Å². The van der Waals surface area contributed by atoms with Crippen LogP contribution >= 0.6 is 0 Å². The van der Waals surface area contributed by atoms with Gasteiger partial charge in [0.1, 0.15) is 16.8 Å². The van der Waals surface area contributed by atoms with Crippen LogP contribution in [0, 0.1) is 11.3 Å². The first-order valence-electron chi connectivity index (χ1n) is 8.82. The summed E-state index contributed by atoms with van der Waals surface area (Å²) in [5.41, 5.74) is 1.03. The maximum absolute atomic E-state index is 13.0. The molecular weight excluding hydrogens is 330 g/mol. The van der Waals surface area contributed by atoms with Gasteiger partial charge in [-0.25, -0.2) is 4.98 Å². The number of carbonyl (C=O) groups excluding carboxylic acids is 1. The van der Waals surface area contributed by atoms with Gasteiger partial charge in [-0.2, -0.15) is 0 Å². The Bertz CT molecular complexity index is 1140. The summed E-state index contributed by atoms with van der Waals surface area (Å²) in [6.07, 6.45) is 3.59. The largest absolute Gasteiger partial charge is 0.339 e. The highest BCUT2D eigenvalue weighted by Crippen LogP contribution is 2.18. The molecule has 3 aromatic heterocycles. The number of fused-ring (bicyclic) bond motifs is 2. The Hall–Kier alpha value is -2.96. The molecule has 1 N–H and O–H groups in total. The summed E-state index contributed by atoms with van der Waals surface area (Å²) in [6, 6.07) is 6.86. The van der Waals surface area contributed by atoms with E-state index in [1.165, 1.54) is 15.0 Å². The molecule has 0 bridgehead atoms. The molecule has 0 aromatic carbocycles. The van der Waals surface area contributed by atoms with Gasteiger partial charge in [0.05, 0.1) is 10.9 Å². The van der Waals surface area contributed by atoms with Crippen molar-refractivity contribution >= 4 is 22.6 Å². The van der Waals surface area contributed by atoms with E-state index in [2.05, 4.69) is 11.9 Å². The van der Waals surface area contributed by atoms with Gasteiger partial charge < -0.3 is 9.47 Å². The molecule has 4 heterocycles. The monoisotopic (exact) mass is 351 g/mol. The van der Waals surface area contributed by atoms with Crippen molar-refractivity contribution in [2.45, 2.75) is 19.8 Å². The lowest BCUT2D eigenvalue weighted by molar-refractivity contribution is 0.0694. The van der Waals surface area contributed by atoms with E-state index in [9.17, 15) is 9.59 Å². The van der Waals surface area contributed by atoms with Gasteiger partial charge in [-0.1, -0.05) is 13.0 Å². The second-order valence-electron chi connectivity index (χ2n) is 7.02. The van der Waals surface area contributed by atoms with E-state index in [-0.39, 0.29) is 22.5 Å². The fourth-order valence-electron chi connectivity index (χ4n) is 3.52. The summed E-state index contributed by atoms with van der Waals surface area (Å²) in [7, 11) is 1.67. The fourth-order valence-corrected chi connectivity index (χ4v) is 3.52. The Kier molecular flexibility index (Phi) is 3.86. The first kappa shape index (κ1) is 16.5. The molecule has 1 saturated heterocycles. The summed E-state index contributed by atoms with van der Waals surface area (Å²) in [5, 5.41) is 8.76. The van der Waals surface area contributed by atoms with Crippen LogP contribution in [-0.2, 0) is 7.05 Å². The molecule has 0 aliphatic carbocycles. The molecule has 1 aliphatic rings. The summed E-state index contributed by atoms with van der Waals surface area (Å²) in [6.45, 7) is 3.57. The number of rotatable bonds is 1. The Balaban J connectivity index is 1.91. The molecule has 0 atom stereocenters. The molecule has 0 unspecified atom stereocenters. The summed E-state index contributed by atoms with van der Waals surface area (Å²) < 4.78 is 2.98. The molecule has 1 aliphatic heterocycles. The van der Waals surface area contributed by atoms with Gasteiger partial charge in [0, 0.05) is 26.3 Å². The quantitative estimate of drug-likeness (QED) is 0.675. The van der Waals surface area contributed by atoms with Crippen molar-refractivity contribution in [2.24, 2.45) is 13.0 Å². The maximum Gasteiger partial charge on any atom is 0.267 e. The van der Waals surface area contributed by atoms with E-state index in [4.69, 9.17) is 5.41 Å².